The molecule has 4 N–H and O–H groups in total. The zero-order valence-corrected chi connectivity index (χ0v) is 9.09. The summed E-state index contributed by atoms with van der Waals surface area (Å²) in [5.74, 6) is 0.474. The van der Waals surface area contributed by atoms with Crippen molar-refractivity contribution in [1.29, 1.82) is 0 Å². The molecule has 1 atom stereocenters. The van der Waals surface area contributed by atoms with Gasteiger partial charge in [0, 0.05) is 24.2 Å². The predicted octanol–water partition coefficient (Wildman–Crippen LogP) is 1.42. The van der Waals surface area contributed by atoms with Crippen LogP contribution in [-0.4, -0.2) is 9.97 Å². The van der Waals surface area contributed by atoms with Crippen LogP contribution in [0.4, 0.5) is 5.82 Å². The van der Waals surface area contributed by atoms with Gasteiger partial charge in [-0.15, -0.1) is 0 Å². The van der Waals surface area contributed by atoms with Gasteiger partial charge in [-0.25, -0.2) is 4.98 Å². The number of nitrogens with zero attached hydrogens (tertiary/aromatic N) is 2. The lowest BCUT2D eigenvalue weighted by molar-refractivity contribution is 0.857. The molecule has 0 saturated carbocycles. The predicted molar refractivity (Wildman–Crippen MR) is 63.7 cm³/mol. The van der Waals surface area contributed by atoms with E-state index in [0.29, 0.717) is 5.82 Å². The average Bonchev–Trinajstić information content (AvgIpc) is 2.32. The Morgan fingerprint density at radius 3 is 2.81 bits per heavy atom. The minimum absolute atomic E-state index is 0.277. The number of rotatable bonds is 2. The van der Waals surface area contributed by atoms with E-state index in [0.717, 1.165) is 16.7 Å². The second kappa shape index (κ2) is 4.28. The first-order valence-corrected chi connectivity index (χ1v) is 5.06. The number of pyridine rings is 2. The number of hydrogen-bond acceptors (Lipinski definition) is 4. The van der Waals surface area contributed by atoms with Crippen LogP contribution in [0.2, 0.25) is 0 Å². The van der Waals surface area contributed by atoms with Gasteiger partial charge in [-0.05, 0) is 30.2 Å². The van der Waals surface area contributed by atoms with Gasteiger partial charge in [-0.2, -0.15) is 0 Å². The number of nitrogen functional groups attached to an aromatic ring is 1. The molecule has 0 aliphatic heterocycles. The molecule has 0 radical (unpaired) electrons. The van der Waals surface area contributed by atoms with Crippen molar-refractivity contribution >= 4 is 5.82 Å². The van der Waals surface area contributed by atoms with Crippen LogP contribution in [-0.2, 0) is 0 Å². The van der Waals surface area contributed by atoms with Crippen LogP contribution in [0.3, 0.4) is 0 Å². The number of aryl methyl sites for hydroxylation is 1. The highest BCUT2D eigenvalue weighted by atomic mass is 14.8. The SMILES string of the molecule is Cc1cnc(N)c(C(N)c2cccnc2)c1. The molecule has 0 saturated heterocycles. The van der Waals surface area contributed by atoms with Crippen molar-refractivity contribution in [3.63, 3.8) is 0 Å². The zero-order valence-electron chi connectivity index (χ0n) is 9.09. The molecule has 4 heteroatoms. The van der Waals surface area contributed by atoms with Crippen molar-refractivity contribution in [1.82, 2.24) is 9.97 Å². The fraction of sp³-hybridized carbons (Fsp3) is 0.167. The summed E-state index contributed by atoms with van der Waals surface area (Å²) < 4.78 is 0. The fourth-order valence-electron chi connectivity index (χ4n) is 1.59. The molecule has 0 spiro atoms. The van der Waals surface area contributed by atoms with Crippen LogP contribution in [0.15, 0.2) is 36.8 Å². The summed E-state index contributed by atoms with van der Waals surface area (Å²) in [4.78, 5) is 8.14. The summed E-state index contributed by atoms with van der Waals surface area (Å²) in [6, 6.07) is 5.47. The summed E-state index contributed by atoms with van der Waals surface area (Å²) in [6.45, 7) is 1.96. The van der Waals surface area contributed by atoms with Gasteiger partial charge in [0.05, 0.1) is 6.04 Å². The summed E-state index contributed by atoms with van der Waals surface area (Å²) in [7, 11) is 0. The largest absolute Gasteiger partial charge is 0.383 e. The van der Waals surface area contributed by atoms with Gasteiger partial charge in [0.2, 0.25) is 0 Å². The fourth-order valence-corrected chi connectivity index (χ4v) is 1.59. The average molecular weight is 214 g/mol. The molecule has 2 heterocycles. The minimum Gasteiger partial charge on any atom is -0.383 e. The third-order valence-corrected chi connectivity index (χ3v) is 2.46. The first-order chi connectivity index (χ1) is 7.68. The van der Waals surface area contributed by atoms with Crippen LogP contribution in [0.1, 0.15) is 22.7 Å². The van der Waals surface area contributed by atoms with E-state index in [9.17, 15) is 0 Å². The molecule has 0 aromatic carbocycles. The highest BCUT2D eigenvalue weighted by Crippen LogP contribution is 2.23. The molecule has 16 heavy (non-hydrogen) atoms. The van der Waals surface area contributed by atoms with Gasteiger partial charge in [0.15, 0.2) is 0 Å². The lowest BCUT2D eigenvalue weighted by Crippen LogP contribution is -2.15. The Labute approximate surface area is 94.3 Å². The molecule has 82 valence electrons. The summed E-state index contributed by atoms with van der Waals surface area (Å²) in [5, 5.41) is 0. The van der Waals surface area contributed by atoms with E-state index in [2.05, 4.69) is 9.97 Å². The van der Waals surface area contributed by atoms with E-state index in [4.69, 9.17) is 11.5 Å². The summed E-state index contributed by atoms with van der Waals surface area (Å²) in [5.41, 5.74) is 14.8. The van der Waals surface area contributed by atoms with E-state index in [-0.39, 0.29) is 6.04 Å². The van der Waals surface area contributed by atoms with E-state index in [1.807, 2.05) is 25.1 Å². The summed E-state index contributed by atoms with van der Waals surface area (Å²) >= 11 is 0. The quantitative estimate of drug-likeness (QED) is 0.792. The van der Waals surface area contributed by atoms with Gasteiger partial charge in [-0.3, -0.25) is 4.98 Å². The zero-order chi connectivity index (χ0) is 11.5. The van der Waals surface area contributed by atoms with E-state index >= 15 is 0 Å². The maximum atomic E-state index is 6.13. The summed E-state index contributed by atoms with van der Waals surface area (Å²) in [6.07, 6.45) is 5.19. The molecule has 1 unspecified atom stereocenters. The van der Waals surface area contributed by atoms with Crippen LogP contribution in [0.5, 0.6) is 0 Å². The third kappa shape index (κ3) is 2.01. The molecule has 2 rings (SSSR count). The van der Waals surface area contributed by atoms with Crippen molar-refractivity contribution in [3.8, 4) is 0 Å². The Morgan fingerprint density at radius 2 is 2.12 bits per heavy atom. The first kappa shape index (κ1) is 10.6. The van der Waals surface area contributed by atoms with Crippen molar-refractivity contribution in [2.45, 2.75) is 13.0 Å². The molecule has 0 aliphatic carbocycles. The van der Waals surface area contributed by atoms with Crippen LogP contribution < -0.4 is 11.5 Å². The van der Waals surface area contributed by atoms with Crippen molar-refractivity contribution in [2.75, 3.05) is 5.73 Å². The normalized spacial score (nSPS) is 12.4. The maximum absolute atomic E-state index is 6.13. The molecule has 0 bridgehead atoms. The van der Waals surface area contributed by atoms with Crippen LogP contribution >= 0.6 is 0 Å². The number of anilines is 1. The second-order valence-corrected chi connectivity index (χ2v) is 3.75. The second-order valence-electron chi connectivity index (χ2n) is 3.75. The monoisotopic (exact) mass is 214 g/mol. The topological polar surface area (TPSA) is 77.8 Å². The lowest BCUT2D eigenvalue weighted by Gasteiger charge is -2.14. The minimum atomic E-state index is -0.277. The Bertz CT molecular complexity index is 482. The van der Waals surface area contributed by atoms with Gasteiger partial charge < -0.3 is 11.5 Å². The van der Waals surface area contributed by atoms with Gasteiger partial charge >= 0.3 is 0 Å². The van der Waals surface area contributed by atoms with Gasteiger partial charge in [0.1, 0.15) is 5.82 Å². The lowest BCUT2D eigenvalue weighted by atomic mass is 10.0. The Kier molecular flexibility index (Phi) is 2.83. The smallest absolute Gasteiger partial charge is 0.128 e. The number of nitrogens with two attached hydrogens (primary N) is 2. The molecule has 2 aromatic rings. The number of hydrogen-bond donors (Lipinski definition) is 2. The Hall–Kier alpha value is -1.94. The first-order valence-electron chi connectivity index (χ1n) is 5.06. The van der Waals surface area contributed by atoms with Crippen LogP contribution in [0.25, 0.3) is 0 Å². The Balaban J connectivity index is 2.41. The van der Waals surface area contributed by atoms with Gasteiger partial charge in [0.25, 0.3) is 0 Å². The molecule has 4 nitrogen and oxygen atoms in total. The standard InChI is InChI=1S/C12H14N4/c1-8-5-10(12(14)16-6-8)11(13)9-3-2-4-15-7-9/h2-7,11H,13H2,1H3,(H2,14,16). The maximum Gasteiger partial charge on any atom is 0.128 e. The Morgan fingerprint density at radius 1 is 1.31 bits per heavy atom. The van der Waals surface area contributed by atoms with E-state index < -0.39 is 0 Å². The highest BCUT2D eigenvalue weighted by Gasteiger charge is 2.12. The van der Waals surface area contributed by atoms with E-state index in [1.165, 1.54) is 0 Å². The molecule has 0 aliphatic rings. The molecule has 0 fully saturated rings. The number of aromatic nitrogens is 2. The molecular formula is C12H14N4. The van der Waals surface area contributed by atoms with E-state index in [1.54, 1.807) is 18.6 Å². The van der Waals surface area contributed by atoms with Crippen molar-refractivity contribution in [2.24, 2.45) is 5.73 Å². The van der Waals surface area contributed by atoms with Crippen LogP contribution in [0, 0.1) is 6.92 Å². The van der Waals surface area contributed by atoms with Gasteiger partial charge in [-0.1, -0.05) is 6.07 Å². The van der Waals surface area contributed by atoms with Crippen molar-refractivity contribution in [3.05, 3.63) is 53.5 Å². The molecule has 0 amide bonds. The molecular weight excluding hydrogens is 200 g/mol. The highest BCUT2D eigenvalue weighted by molar-refractivity contribution is 5.46. The third-order valence-electron chi connectivity index (χ3n) is 2.46. The van der Waals surface area contributed by atoms with Crippen molar-refractivity contribution < 1.29 is 0 Å². The molecule has 2 aromatic heterocycles.